The van der Waals surface area contributed by atoms with E-state index in [1.54, 1.807) is 23.6 Å². The largest absolute Gasteiger partial charge is 0.316 e. The van der Waals surface area contributed by atoms with Gasteiger partial charge in [0.1, 0.15) is 11.1 Å². The van der Waals surface area contributed by atoms with Gasteiger partial charge in [0.15, 0.2) is 5.78 Å². The highest BCUT2D eigenvalue weighted by atomic mass is 32.2. The summed E-state index contributed by atoms with van der Waals surface area (Å²) in [7, 11) is -3.72. The van der Waals surface area contributed by atoms with Gasteiger partial charge in [0.05, 0.1) is 10.5 Å². The van der Waals surface area contributed by atoms with Gasteiger partial charge in [-0.3, -0.25) is 9.59 Å². The molecule has 0 bridgehead atoms. The molecule has 1 aliphatic heterocycles. The number of carbonyl (C=O) groups is 2. The summed E-state index contributed by atoms with van der Waals surface area (Å²) in [5.41, 5.74) is 0.767. The second-order valence-corrected chi connectivity index (χ2v) is 9.38. The molecular formula is C19H19N3O4S2. The quantitative estimate of drug-likeness (QED) is 0.753. The van der Waals surface area contributed by atoms with Crippen molar-refractivity contribution in [1.82, 2.24) is 4.31 Å². The van der Waals surface area contributed by atoms with E-state index >= 15 is 0 Å². The van der Waals surface area contributed by atoms with Gasteiger partial charge in [-0.15, -0.1) is 11.3 Å². The monoisotopic (exact) mass is 417 g/mol. The topological polar surface area (TPSA) is 107 Å². The van der Waals surface area contributed by atoms with Crippen molar-refractivity contribution in [2.45, 2.75) is 24.7 Å². The molecule has 1 aromatic carbocycles. The Kier molecular flexibility index (Phi) is 5.93. The molecule has 146 valence electrons. The fourth-order valence-corrected chi connectivity index (χ4v) is 5.35. The third kappa shape index (κ3) is 4.14. The molecule has 1 amide bonds. The van der Waals surface area contributed by atoms with E-state index in [-0.39, 0.29) is 35.6 Å². The van der Waals surface area contributed by atoms with Gasteiger partial charge < -0.3 is 5.32 Å². The number of benzene rings is 1. The van der Waals surface area contributed by atoms with Crippen molar-refractivity contribution in [3.63, 3.8) is 0 Å². The van der Waals surface area contributed by atoms with Crippen LogP contribution in [-0.2, 0) is 14.8 Å². The number of nitrogens with zero attached hydrogens (tertiary/aromatic N) is 2. The number of carbonyl (C=O) groups excluding carboxylic acids is 2. The number of Topliss-reactive ketones (excluding diaryl/α,β-unsaturated/α-hetero) is 1. The van der Waals surface area contributed by atoms with Crippen molar-refractivity contribution < 1.29 is 18.0 Å². The molecule has 28 heavy (non-hydrogen) atoms. The van der Waals surface area contributed by atoms with Crippen molar-refractivity contribution in [2.75, 3.05) is 18.4 Å². The molecule has 9 heteroatoms. The maximum absolute atomic E-state index is 12.9. The number of anilines is 1. The van der Waals surface area contributed by atoms with Crippen molar-refractivity contribution in [3.8, 4) is 6.07 Å². The van der Waals surface area contributed by atoms with Crippen molar-refractivity contribution in [3.05, 3.63) is 46.8 Å². The van der Waals surface area contributed by atoms with Gasteiger partial charge in [-0.2, -0.15) is 9.57 Å². The molecular weight excluding hydrogens is 398 g/mol. The second kappa shape index (κ2) is 8.22. The van der Waals surface area contributed by atoms with Gasteiger partial charge in [0.25, 0.3) is 0 Å². The first-order valence-electron chi connectivity index (χ1n) is 8.72. The molecule has 1 aromatic heterocycles. The lowest BCUT2D eigenvalue weighted by Crippen LogP contribution is -2.41. The second-order valence-electron chi connectivity index (χ2n) is 6.53. The molecule has 0 saturated carbocycles. The van der Waals surface area contributed by atoms with Crippen molar-refractivity contribution >= 4 is 38.1 Å². The summed E-state index contributed by atoms with van der Waals surface area (Å²) < 4.78 is 27.1. The smallest absolute Gasteiger partial charge is 0.243 e. The first-order chi connectivity index (χ1) is 13.3. The van der Waals surface area contributed by atoms with Crippen molar-refractivity contribution in [1.29, 1.82) is 5.26 Å². The Bertz CT molecular complexity index is 1050. The van der Waals surface area contributed by atoms with E-state index in [4.69, 9.17) is 5.26 Å². The Morgan fingerprint density at radius 1 is 1.25 bits per heavy atom. The zero-order chi connectivity index (χ0) is 20.3. The molecule has 0 spiro atoms. The summed E-state index contributed by atoms with van der Waals surface area (Å²) in [5, 5.41) is 14.0. The van der Waals surface area contributed by atoms with E-state index in [1.807, 2.05) is 6.07 Å². The molecule has 1 N–H and O–H groups in total. The minimum Gasteiger partial charge on any atom is -0.316 e. The van der Waals surface area contributed by atoms with Gasteiger partial charge in [0.2, 0.25) is 15.9 Å². The molecule has 0 atom stereocenters. The maximum atomic E-state index is 12.9. The van der Waals surface area contributed by atoms with Crippen LogP contribution in [-0.4, -0.2) is 37.5 Å². The first-order valence-corrected chi connectivity index (χ1v) is 11.0. The molecule has 1 saturated heterocycles. The Balaban J connectivity index is 1.66. The summed E-state index contributed by atoms with van der Waals surface area (Å²) in [5.74, 6) is -0.712. The fourth-order valence-electron chi connectivity index (χ4n) is 3.09. The predicted octanol–water partition coefficient (Wildman–Crippen LogP) is 2.86. The van der Waals surface area contributed by atoms with Crippen LogP contribution < -0.4 is 5.32 Å². The minimum absolute atomic E-state index is 0.0837. The van der Waals surface area contributed by atoms with Crippen LogP contribution >= 0.6 is 11.3 Å². The van der Waals surface area contributed by atoms with Gasteiger partial charge in [0, 0.05) is 24.6 Å². The zero-order valence-electron chi connectivity index (χ0n) is 15.2. The zero-order valence-corrected chi connectivity index (χ0v) is 16.8. The average molecular weight is 418 g/mol. The van der Waals surface area contributed by atoms with E-state index in [0.29, 0.717) is 29.0 Å². The van der Waals surface area contributed by atoms with Crippen LogP contribution in [0.3, 0.4) is 0 Å². The van der Waals surface area contributed by atoms with Crippen LogP contribution in [0.2, 0.25) is 0 Å². The summed E-state index contributed by atoms with van der Waals surface area (Å²) in [6, 6.07) is 9.66. The highest BCUT2D eigenvalue weighted by Gasteiger charge is 2.32. The Morgan fingerprint density at radius 2 is 1.96 bits per heavy atom. The number of hydrogen-bond acceptors (Lipinski definition) is 6. The highest BCUT2D eigenvalue weighted by molar-refractivity contribution is 7.89. The normalized spacial score (nSPS) is 15.7. The lowest BCUT2D eigenvalue weighted by atomic mass is 9.97. The van der Waals surface area contributed by atoms with Gasteiger partial charge in [-0.25, -0.2) is 8.42 Å². The van der Waals surface area contributed by atoms with Crippen LogP contribution in [0.4, 0.5) is 5.00 Å². The lowest BCUT2D eigenvalue weighted by molar-refractivity contribution is -0.120. The minimum atomic E-state index is -3.72. The first kappa shape index (κ1) is 20.2. The number of thiophene rings is 1. The summed E-state index contributed by atoms with van der Waals surface area (Å²) in [6.07, 6.45) is 0.787. The molecule has 3 rings (SSSR count). The summed E-state index contributed by atoms with van der Waals surface area (Å²) in [6.45, 7) is 1.84. The number of hydrogen-bond donors (Lipinski definition) is 1. The Morgan fingerprint density at radius 3 is 2.61 bits per heavy atom. The summed E-state index contributed by atoms with van der Waals surface area (Å²) >= 11 is 1.28. The Labute approximate surface area is 167 Å². The predicted molar refractivity (Wildman–Crippen MR) is 106 cm³/mol. The lowest BCUT2D eigenvalue weighted by Gasteiger charge is -2.30. The van der Waals surface area contributed by atoms with Crippen LogP contribution in [0.15, 0.2) is 40.6 Å². The van der Waals surface area contributed by atoms with Crippen LogP contribution in [0.5, 0.6) is 0 Å². The standard InChI is InChI=1S/C19H19N3O4S2/c1-13(23)15-3-2-4-17(11-15)28(25,26)22-8-5-14(6-9-22)18(24)21-19-16(12-20)7-10-27-19/h2-4,7,10-11,14H,5-6,8-9H2,1H3,(H,21,24). The molecule has 2 aromatic rings. The van der Waals surface area contributed by atoms with E-state index in [0.717, 1.165) is 0 Å². The third-order valence-electron chi connectivity index (χ3n) is 4.73. The molecule has 0 unspecified atom stereocenters. The number of sulfonamides is 1. The number of ketones is 1. The van der Waals surface area contributed by atoms with Gasteiger partial charge >= 0.3 is 0 Å². The fraction of sp³-hybridized carbons (Fsp3) is 0.316. The number of piperidine rings is 1. The number of rotatable bonds is 5. The number of amides is 1. The molecule has 2 heterocycles. The average Bonchev–Trinajstić information content (AvgIpc) is 3.15. The van der Waals surface area contributed by atoms with E-state index < -0.39 is 10.0 Å². The number of nitrogens with one attached hydrogen (secondary N) is 1. The van der Waals surface area contributed by atoms with E-state index in [2.05, 4.69) is 5.32 Å². The van der Waals surface area contributed by atoms with E-state index in [1.165, 1.54) is 34.7 Å². The highest BCUT2D eigenvalue weighted by Crippen LogP contribution is 2.27. The third-order valence-corrected chi connectivity index (χ3v) is 7.45. The van der Waals surface area contributed by atoms with Crippen LogP contribution in [0.1, 0.15) is 35.7 Å². The molecule has 0 radical (unpaired) electrons. The molecule has 1 fully saturated rings. The molecule has 0 aliphatic carbocycles. The number of nitriles is 1. The molecule has 7 nitrogen and oxygen atoms in total. The van der Waals surface area contributed by atoms with Gasteiger partial charge in [-0.1, -0.05) is 12.1 Å². The summed E-state index contributed by atoms with van der Waals surface area (Å²) in [4.78, 5) is 24.1. The molecule has 1 aliphatic rings. The van der Waals surface area contributed by atoms with Gasteiger partial charge in [-0.05, 0) is 43.3 Å². The van der Waals surface area contributed by atoms with Crippen molar-refractivity contribution in [2.24, 2.45) is 5.92 Å². The van der Waals surface area contributed by atoms with E-state index in [9.17, 15) is 18.0 Å². The van der Waals surface area contributed by atoms with Crippen LogP contribution in [0.25, 0.3) is 0 Å². The maximum Gasteiger partial charge on any atom is 0.243 e. The Hall–Kier alpha value is -2.54. The SMILES string of the molecule is CC(=O)c1cccc(S(=O)(=O)N2CCC(C(=O)Nc3sccc3C#N)CC2)c1. The van der Waals surface area contributed by atoms with Crippen LogP contribution in [0, 0.1) is 17.2 Å².